The molecule has 0 saturated heterocycles. The van der Waals surface area contributed by atoms with E-state index in [0.29, 0.717) is 33.5 Å². The summed E-state index contributed by atoms with van der Waals surface area (Å²) in [4.78, 5) is 11.9. The van der Waals surface area contributed by atoms with Gasteiger partial charge in [0.25, 0.3) is 0 Å². The Morgan fingerprint density at radius 3 is 2.76 bits per heavy atom. The maximum atomic E-state index is 11.9. The molecule has 8 heteroatoms. The highest BCUT2D eigenvalue weighted by Gasteiger charge is 2.24. The van der Waals surface area contributed by atoms with E-state index in [0.717, 1.165) is 24.2 Å². The van der Waals surface area contributed by atoms with Crippen molar-refractivity contribution in [3.63, 3.8) is 0 Å². The molecule has 0 aromatic heterocycles. The smallest absolute Gasteiger partial charge is 0.328 e. The van der Waals surface area contributed by atoms with Gasteiger partial charge in [-0.25, -0.2) is 4.79 Å². The molecule has 1 N–H and O–H groups in total. The summed E-state index contributed by atoms with van der Waals surface area (Å²) < 4.78 is 13.2. The number of esters is 1. The molecular formula is C13H15Cl2N3O2S. The Hall–Kier alpha value is -1.11. The standard InChI is InChI=1S/C13H15Cl2N3O2S/c1-3-4-5-9(13(19)20-2)16-10-7(14)6-8(15)11-12(10)18-21-17-11/h6,9,16H,3-5H2,1-2H3. The van der Waals surface area contributed by atoms with Gasteiger partial charge in [-0.15, -0.1) is 0 Å². The first-order valence-electron chi connectivity index (χ1n) is 6.53. The van der Waals surface area contributed by atoms with Crippen LogP contribution in [0.1, 0.15) is 26.2 Å². The molecule has 1 aliphatic heterocycles. The summed E-state index contributed by atoms with van der Waals surface area (Å²) in [5, 5.41) is 3.98. The van der Waals surface area contributed by atoms with Crippen LogP contribution in [0.5, 0.6) is 0 Å². The Labute approximate surface area is 136 Å². The summed E-state index contributed by atoms with van der Waals surface area (Å²) in [6.45, 7) is 2.06. The number of benzene rings is 1. The monoisotopic (exact) mass is 347 g/mol. The molecule has 1 aromatic carbocycles. The normalized spacial score (nSPS) is 13.5. The van der Waals surface area contributed by atoms with Crippen molar-refractivity contribution in [1.29, 1.82) is 0 Å². The lowest BCUT2D eigenvalue weighted by atomic mass is 10.1. The molecule has 1 unspecified atom stereocenters. The zero-order valence-electron chi connectivity index (χ0n) is 11.7. The van der Waals surface area contributed by atoms with Crippen LogP contribution in [0.3, 0.4) is 0 Å². The molecule has 0 radical (unpaired) electrons. The second-order valence-electron chi connectivity index (χ2n) is 4.54. The Bertz CT molecular complexity index is 630. The van der Waals surface area contributed by atoms with Crippen LogP contribution in [-0.2, 0) is 20.9 Å². The average molecular weight is 348 g/mol. The van der Waals surface area contributed by atoms with E-state index in [1.807, 2.05) is 0 Å². The number of rotatable bonds is 6. The fourth-order valence-electron chi connectivity index (χ4n) is 1.99. The first-order chi connectivity index (χ1) is 10.1. The Morgan fingerprint density at radius 1 is 1.38 bits per heavy atom. The average Bonchev–Trinajstić information content (AvgIpc) is 2.95. The van der Waals surface area contributed by atoms with Crippen molar-refractivity contribution in [1.82, 2.24) is 0 Å². The third-order valence-electron chi connectivity index (χ3n) is 3.09. The largest absolute Gasteiger partial charge is 0.467 e. The summed E-state index contributed by atoms with van der Waals surface area (Å²) in [5.41, 5.74) is 1.71. The van der Waals surface area contributed by atoms with Gasteiger partial charge in [-0.2, -0.15) is 8.73 Å². The predicted molar refractivity (Wildman–Crippen MR) is 87.0 cm³/mol. The number of ether oxygens (including phenoxy) is 1. The van der Waals surface area contributed by atoms with Gasteiger partial charge in [-0.3, -0.25) is 0 Å². The lowest BCUT2D eigenvalue weighted by Gasteiger charge is -2.19. The predicted octanol–water partition coefficient (Wildman–Crippen LogP) is 4.86. The number of unbranched alkanes of at least 4 members (excludes halogenated alkanes) is 1. The fraction of sp³-hybridized carbons (Fsp3) is 0.462. The molecule has 0 spiro atoms. The number of fused-ring (bicyclic) bond motifs is 1. The number of nitrogens with zero attached hydrogens (tertiary/aromatic N) is 2. The van der Waals surface area contributed by atoms with Crippen molar-refractivity contribution in [2.24, 2.45) is 8.73 Å². The topological polar surface area (TPSA) is 63.0 Å². The maximum Gasteiger partial charge on any atom is 0.328 e. The van der Waals surface area contributed by atoms with Crippen LogP contribution in [0, 0.1) is 0 Å². The molecule has 0 saturated carbocycles. The molecule has 1 atom stereocenters. The van der Waals surface area contributed by atoms with E-state index < -0.39 is 6.04 Å². The molecule has 114 valence electrons. The number of anilines is 1. The van der Waals surface area contributed by atoms with Gasteiger partial charge in [0.1, 0.15) is 17.4 Å². The number of hydrogen-bond donors (Lipinski definition) is 1. The van der Waals surface area contributed by atoms with Gasteiger partial charge in [-0.1, -0.05) is 43.0 Å². The molecule has 1 aromatic rings. The fourth-order valence-corrected chi connectivity index (χ4v) is 3.15. The van der Waals surface area contributed by atoms with Gasteiger partial charge in [0.05, 0.1) is 34.2 Å². The number of carbonyl (C=O) groups excluding carboxylic acids is 1. The molecule has 0 aliphatic carbocycles. The first kappa shape index (κ1) is 16.3. The Morgan fingerprint density at radius 2 is 2.10 bits per heavy atom. The highest BCUT2D eigenvalue weighted by atomic mass is 35.5. The van der Waals surface area contributed by atoms with Crippen LogP contribution in [0.2, 0.25) is 10.0 Å². The molecule has 0 bridgehead atoms. The zero-order valence-corrected chi connectivity index (χ0v) is 14.0. The van der Waals surface area contributed by atoms with Crippen molar-refractivity contribution in [2.75, 3.05) is 12.4 Å². The van der Waals surface area contributed by atoms with Crippen LogP contribution in [0.4, 0.5) is 17.1 Å². The molecule has 1 heterocycles. The lowest BCUT2D eigenvalue weighted by Crippen LogP contribution is -2.30. The molecule has 0 fully saturated rings. The number of nitrogens with one attached hydrogen (secondary N) is 1. The SMILES string of the molecule is CCCCC(Nc1c(Cl)cc(Cl)c2c1N=S=N2)C(=O)OC. The Balaban J connectivity index is 2.31. The zero-order chi connectivity index (χ0) is 15.4. The lowest BCUT2D eigenvalue weighted by molar-refractivity contribution is -0.141. The number of hydrogen-bond acceptors (Lipinski definition) is 5. The summed E-state index contributed by atoms with van der Waals surface area (Å²) in [6, 6.07) is 1.13. The molecule has 0 amide bonds. The molecule has 2 rings (SSSR count). The highest BCUT2D eigenvalue weighted by Crippen LogP contribution is 2.47. The summed E-state index contributed by atoms with van der Waals surface area (Å²) in [5.74, 6) is -0.328. The quantitative estimate of drug-likeness (QED) is 0.758. The van der Waals surface area contributed by atoms with Crippen LogP contribution in [-0.4, -0.2) is 19.1 Å². The molecule has 5 nitrogen and oxygen atoms in total. The van der Waals surface area contributed by atoms with Gasteiger partial charge in [0.2, 0.25) is 0 Å². The minimum atomic E-state index is -0.474. The van der Waals surface area contributed by atoms with Crippen molar-refractivity contribution in [2.45, 2.75) is 32.2 Å². The molecular weight excluding hydrogens is 333 g/mol. The van der Waals surface area contributed by atoms with Crippen LogP contribution in [0.25, 0.3) is 0 Å². The summed E-state index contributed by atoms with van der Waals surface area (Å²) >= 11 is 13.4. The van der Waals surface area contributed by atoms with Gasteiger partial charge < -0.3 is 10.1 Å². The second-order valence-corrected chi connectivity index (χ2v) is 5.88. The van der Waals surface area contributed by atoms with Crippen LogP contribution < -0.4 is 5.32 Å². The van der Waals surface area contributed by atoms with Gasteiger partial charge in [0, 0.05) is 0 Å². The number of methoxy groups -OCH3 is 1. The number of carbonyl (C=O) groups is 1. The van der Waals surface area contributed by atoms with Crippen molar-refractivity contribution in [3.05, 3.63) is 16.1 Å². The van der Waals surface area contributed by atoms with E-state index in [1.165, 1.54) is 7.11 Å². The van der Waals surface area contributed by atoms with E-state index in [-0.39, 0.29) is 5.97 Å². The Kier molecular flexibility index (Phi) is 5.61. The van der Waals surface area contributed by atoms with Crippen LogP contribution in [0.15, 0.2) is 14.8 Å². The van der Waals surface area contributed by atoms with E-state index in [4.69, 9.17) is 27.9 Å². The van der Waals surface area contributed by atoms with Crippen molar-refractivity contribution >= 4 is 57.6 Å². The first-order valence-corrected chi connectivity index (χ1v) is 8.01. The van der Waals surface area contributed by atoms with Crippen molar-refractivity contribution < 1.29 is 9.53 Å². The van der Waals surface area contributed by atoms with Crippen molar-refractivity contribution in [3.8, 4) is 0 Å². The minimum Gasteiger partial charge on any atom is -0.467 e. The van der Waals surface area contributed by atoms with Crippen LogP contribution >= 0.6 is 23.2 Å². The summed E-state index contributed by atoms with van der Waals surface area (Å²) in [6.07, 6.45) is 2.54. The van der Waals surface area contributed by atoms with Gasteiger partial charge in [0.15, 0.2) is 0 Å². The van der Waals surface area contributed by atoms with Gasteiger partial charge in [-0.05, 0) is 12.5 Å². The van der Waals surface area contributed by atoms with E-state index in [9.17, 15) is 4.79 Å². The third kappa shape index (κ3) is 3.56. The molecule has 1 aliphatic rings. The van der Waals surface area contributed by atoms with E-state index in [1.54, 1.807) is 6.07 Å². The second kappa shape index (κ2) is 7.24. The van der Waals surface area contributed by atoms with E-state index >= 15 is 0 Å². The van der Waals surface area contributed by atoms with Gasteiger partial charge >= 0.3 is 5.97 Å². The maximum absolute atomic E-state index is 11.9. The third-order valence-corrected chi connectivity index (χ3v) is 4.21. The number of halogens is 2. The minimum absolute atomic E-state index is 0.328. The highest BCUT2D eigenvalue weighted by molar-refractivity contribution is 7.58. The molecule has 21 heavy (non-hydrogen) atoms. The summed E-state index contributed by atoms with van der Waals surface area (Å²) in [7, 11) is 1.37. The van der Waals surface area contributed by atoms with E-state index in [2.05, 4.69) is 21.0 Å².